The second-order valence-corrected chi connectivity index (χ2v) is 11.8. The van der Waals surface area contributed by atoms with Crippen molar-refractivity contribution in [3.63, 3.8) is 0 Å². The van der Waals surface area contributed by atoms with Crippen molar-refractivity contribution in [2.24, 2.45) is 0 Å². The number of carboxylic acid groups (broad SMARTS) is 1. The lowest BCUT2D eigenvalue weighted by atomic mass is 9.86. The van der Waals surface area contributed by atoms with Gasteiger partial charge in [0.1, 0.15) is 11.8 Å². The molecule has 1 atom stereocenters. The van der Waals surface area contributed by atoms with Crippen LogP contribution in [0.15, 0.2) is 77.3 Å². The van der Waals surface area contributed by atoms with Gasteiger partial charge in [0.15, 0.2) is 0 Å². The summed E-state index contributed by atoms with van der Waals surface area (Å²) >= 11 is 0. The molecule has 4 aromatic rings. The van der Waals surface area contributed by atoms with E-state index in [1.807, 2.05) is 62.4 Å². The summed E-state index contributed by atoms with van der Waals surface area (Å²) in [5.41, 5.74) is 3.75. The second kappa shape index (κ2) is 17.1. The Hall–Kier alpha value is -4.46. The average molecular weight is 614 g/mol. The Morgan fingerprint density at radius 3 is 2.09 bits per heavy atom. The van der Waals surface area contributed by atoms with Gasteiger partial charge in [-0.3, -0.25) is 4.79 Å². The molecule has 8 heteroatoms. The van der Waals surface area contributed by atoms with Crippen LogP contribution in [-0.4, -0.2) is 39.8 Å². The van der Waals surface area contributed by atoms with E-state index in [0.717, 1.165) is 34.4 Å². The fourth-order valence-electron chi connectivity index (χ4n) is 4.64. The van der Waals surface area contributed by atoms with Crippen molar-refractivity contribution in [3.05, 3.63) is 89.5 Å². The van der Waals surface area contributed by atoms with E-state index in [0.29, 0.717) is 23.9 Å². The molecule has 0 aliphatic heterocycles. The highest BCUT2D eigenvalue weighted by atomic mass is 16.5. The van der Waals surface area contributed by atoms with Gasteiger partial charge in [-0.25, -0.2) is 4.79 Å². The molecule has 4 rings (SSSR count). The Balaban J connectivity index is 0.00000271. The van der Waals surface area contributed by atoms with Gasteiger partial charge in [-0.2, -0.15) is 4.98 Å². The van der Waals surface area contributed by atoms with E-state index in [1.54, 1.807) is 24.3 Å². The van der Waals surface area contributed by atoms with Crippen LogP contribution < -0.4 is 10.1 Å². The first-order chi connectivity index (χ1) is 21.6. The minimum absolute atomic E-state index is 0.0401. The molecular weight excluding hydrogens is 566 g/mol. The minimum Gasteiger partial charge on any atom is -0.494 e. The summed E-state index contributed by atoms with van der Waals surface area (Å²) in [6, 6.07) is 21.0. The zero-order chi connectivity index (χ0) is 32.8. The summed E-state index contributed by atoms with van der Waals surface area (Å²) in [6.45, 7) is 13.2. The highest BCUT2D eigenvalue weighted by molar-refractivity contribution is 5.96. The molecule has 8 nitrogen and oxygen atoms in total. The molecule has 1 aromatic heterocycles. The van der Waals surface area contributed by atoms with Crippen LogP contribution in [0, 0.1) is 0 Å². The van der Waals surface area contributed by atoms with Crippen molar-refractivity contribution in [1.29, 1.82) is 0 Å². The Morgan fingerprint density at radius 2 is 1.49 bits per heavy atom. The largest absolute Gasteiger partial charge is 0.494 e. The highest BCUT2D eigenvalue weighted by Gasteiger charge is 2.22. The quantitative estimate of drug-likeness (QED) is 0.137. The molecule has 2 N–H and O–H groups in total. The van der Waals surface area contributed by atoms with E-state index in [9.17, 15) is 14.7 Å². The first-order valence-electron chi connectivity index (χ1n) is 15.9. The topological polar surface area (TPSA) is 115 Å². The molecule has 0 saturated heterocycles. The number of aromatic nitrogens is 2. The first kappa shape index (κ1) is 35.0. The molecular formula is C37H47N3O5. The summed E-state index contributed by atoms with van der Waals surface area (Å²) in [6.07, 6.45) is 6.10. The van der Waals surface area contributed by atoms with Gasteiger partial charge >= 0.3 is 5.97 Å². The van der Waals surface area contributed by atoms with Crippen molar-refractivity contribution in [3.8, 4) is 28.6 Å². The first-order valence-corrected chi connectivity index (χ1v) is 15.9. The summed E-state index contributed by atoms with van der Waals surface area (Å²) in [7, 11) is 0. The number of benzene rings is 3. The number of nitrogens with one attached hydrogen (secondary N) is 1. The number of carbonyl (C=O) groups excluding carboxylic acids is 1. The van der Waals surface area contributed by atoms with Crippen LogP contribution in [0.2, 0.25) is 0 Å². The van der Waals surface area contributed by atoms with Gasteiger partial charge in [0.05, 0.1) is 6.61 Å². The number of hydrogen-bond acceptors (Lipinski definition) is 6. The van der Waals surface area contributed by atoms with Crippen molar-refractivity contribution < 1.29 is 24.0 Å². The van der Waals surface area contributed by atoms with Crippen LogP contribution in [0.3, 0.4) is 0 Å². The van der Waals surface area contributed by atoms with Crippen molar-refractivity contribution in [2.75, 3.05) is 6.61 Å². The van der Waals surface area contributed by atoms with Crippen molar-refractivity contribution in [2.45, 2.75) is 91.5 Å². The number of unbranched alkanes of at least 4 members (excludes halogenated alkanes) is 4. The molecule has 240 valence electrons. The maximum atomic E-state index is 12.8. The fraction of sp³-hybridized carbons (Fsp3) is 0.405. The third-order valence-corrected chi connectivity index (χ3v) is 7.31. The monoisotopic (exact) mass is 613 g/mol. The third-order valence-electron chi connectivity index (χ3n) is 7.31. The lowest BCUT2D eigenvalue weighted by molar-refractivity contribution is -0.139. The van der Waals surface area contributed by atoms with Gasteiger partial charge in [-0.1, -0.05) is 109 Å². The lowest BCUT2D eigenvalue weighted by Crippen LogP contribution is -2.42. The van der Waals surface area contributed by atoms with E-state index in [-0.39, 0.29) is 11.8 Å². The number of aliphatic carboxylic acids is 1. The standard InChI is InChI=1S/C35H41N3O5.C2H6/c1-5-6-7-8-9-22-42-29-20-16-27(17-21-29)33-37-31(38-43-33)25-12-10-24(11-13-25)23-30(34(40)41)36-32(39)26-14-18-28(19-15-26)35(2,3)4;1-2/h10-21,30H,5-9,22-23H2,1-4H3,(H,36,39)(H,40,41);1-2H3/t30-;/m0./s1. The smallest absolute Gasteiger partial charge is 0.326 e. The molecule has 0 fully saturated rings. The molecule has 0 spiro atoms. The summed E-state index contributed by atoms with van der Waals surface area (Å²) in [5.74, 6) is 0.106. The van der Waals surface area contributed by atoms with Gasteiger partial charge < -0.3 is 19.7 Å². The zero-order valence-electron chi connectivity index (χ0n) is 27.4. The van der Waals surface area contributed by atoms with Crippen molar-refractivity contribution in [1.82, 2.24) is 15.5 Å². The summed E-state index contributed by atoms with van der Waals surface area (Å²) < 4.78 is 11.3. The molecule has 0 aliphatic carbocycles. The highest BCUT2D eigenvalue weighted by Crippen LogP contribution is 2.25. The Labute approximate surface area is 267 Å². The molecule has 0 radical (unpaired) electrons. The molecule has 0 unspecified atom stereocenters. The van der Waals surface area contributed by atoms with Gasteiger partial charge in [0, 0.05) is 23.1 Å². The van der Waals surface area contributed by atoms with Crippen LogP contribution in [0.1, 0.15) is 95.1 Å². The summed E-state index contributed by atoms with van der Waals surface area (Å²) in [5, 5.41) is 16.5. The summed E-state index contributed by atoms with van der Waals surface area (Å²) in [4.78, 5) is 29.2. The molecule has 0 aliphatic rings. The Bertz CT molecular complexity index is 1470. The zero-order valence-corrected chi connectivity index (χ0v) is 27.4. The number of ether oxygens (including phenoxy) is 1. The van der Waals surface area contributed by atoms with E-state index in [1.165, 1.54) is 25.7 Å². The van der Waals surface area contributed by atoms with Gasteiger partial charge in [-0.15, -0.1) is 0 Å². The predicted molar refractivity (Wildman–Crippen MR) is 179 cm³/mol. The van der Waals surface area contributed by atoms with Gasteiger partial charge in [-0.05, 0) is 59.4 Å². The fourth-order valence-corrected chi connectivity index (χ4v) is 4.64. The van der Waals surface area contributed by atoms with E-state index in [2.05, 4.69) is 43.2 Å². The van der Waals surface area contributed by atoms with Crippen LogP contribution in [0.5, 0.6) is 5.75 Å². The van der Waals surface area contributed by atoms with E-state index in [4.69, 9.17) is 9.26 Å². The third kappa shape index (κ3) is 10.6. The van der Waals surface area contributed by atoms with Crippen molar-refractivity contribution >= 4 is 11.9 Å². The van der Waals surface area contributed by atoms with Crippen LogP contribution >= 0.6 is 0 Å². The molecule has 3 aromatic carbocycles. The molecule has 1 amide bonds. The number of nitrogens with zero attached hydrogens (tertiary/aromatic N) is 2. The Morgan fingerprint density at radius 1 is 0.867 bits per heavy atom. The van der Waals surface area contributed by atoms with Crippen LogP contribution in [0.25, 0.3) is 22.8 Å². The normalized spacial score (nSPS) is 11.7. The maximum absolute atomic E-state index is 12.8. The minimum atomic E-state index is -1.10. The van der Waals surface area contributed by atoms with E-state index < -0.39 is 17.9 Å². The van der Waals surface area contributed by atoms with Crippen LogP contribution in [0.4, 0.5) is 0 Å². The molecule has 0 saturated carbocycles. The number of carboxylic acids is 1. The predicted octanol–water partition coefficient (Wildman–Crippen LogP) is 8.50. The van der Waals surface area contributed by atoms with Gasteiger partial charge in [0.25, 0.3) is 11.8 Å². The average Bonchev–Trinajstić information content (AvgIpc) is 3.54. The number of hydrogen-bond donors (Lipinski definition) is 2. The second-order valence-electron chi connectivity index (χ2n) is 11.8. The lowest BCUT2D eigenvalue weighted by Gasteiger charge is -2.19. The molecule has 0 bridgehead atoms. The number of amides is 1. The molecule has 1 heterocycles. The Kier molecular flexibility index (Phi) is 13.3. The maximum Gasteiger partial charge on any atom is 0.326 e. The van der Waals surface area contributed by atoms with E-state index >= 15 is 0 Å². The number of carbonyl (C=O) groups is 2. The number of rotatable bonds is 14. The van der Waals surface area contributed by atoms with Gasteiger partial charge in [0.2, 0.25) is 5.82 Å². The van der Waals surface area contributed by atoms with Crippen LogP contribution in [-0.2, 0) is 16.6 Å². The molecule has 45 heavy (non-hydrogen) atoms. The SMILES string of the molecule is CC.CCCCCCCOc1ccc(-c2nc(-c3ccc(C[C@H](NC(=O)c4ccc(C(C)(C)C)cc4)C(=O)O)cc3)no2)cc1.